The number of aromatic amines is 1. The van der Waals surface area contributed by atoms with E-state index in [-0.39, 0.29) is 90.2 Å². The first-order chi connectivity index (χ1) is 18.0. The van der Waals surface area contributed by atoms with Crippen LogP contribution in [0.3, 0.4) is 0 Å². The number of hydrogen-bond acceptors (Lipinski definition) is 4. The SMILES string of the molecule is CC(C)[C@H](C)C(=O)N1[C@H](c2nc3c(ccc4cc(B5OC(C)(C)C(C)(C)O5)ccc43)[nH]2)C[C@@H]2CCCC[C@@H]21.S.S.S.S. The number of rotatable bonds is 4. The zero-order chi connectivity index (χ0) is 27.0. The number of aromatic nitrogens is 2. The second-order valence-electron chi connectivity index (χ2n) is 13.3. The summed E-state index contributed by atoms with van der Waals surface area (Å²) in [4.78, 5) is 24.8. The van der Waals surface area contributed by atoms with E-state index in [1.165, 1.54) is 19.3 Å². The molecule has 6 rings (SSSR count). The van der Waals surface area contributed by atoms with Gasteiger partial charge < -0.3 is 19.2 Å². The van der Waals surface area contributed by atoms with Gasteiger partial charge >= 0.3 is 7.12 Å². The third-order valence-corrected chi connectivity index (χ3v) is 10.1. The molecular weight excluding hydrogens is 601 g/mol. The summed E-state index contributed by atoms with van der Waals surface area (Å²) in [5.74, 6) is 2.13. The van der Waals surface area contributed by atoms with Crippen LogP contribution in [0.1, 0.15) is 92.4 Å². The van der Waals surface area contributed by atoms with Crippen LogP contribution in [-0.4, -0.2) is 45.1 Å². The molecular formula is C31H50BN3O3S4. The highest BCUT2D eigenvalue weighted by Crippen LogP contribution is 2.47. The van der Waals surface area contributed by atoms with Crippen molar-refractivity contribution in [3.63, 3.8) is 0 Å². The Morgan fingerprint density at radius 1 is 0.976 bits per heavy atom. The van der Waals surface area contributed by atoms with Gasteiger partial charge in [-0.05, 0) is 75.7 Å². The second-order valence-corrected chi connectivity index (χ2v) is 13.3. The summed E-state index contributed by atoms with van der Waals surface area (Å²) in [7, 11) is -0.390. The monoisotopic (exact) mass is 651 g/mol. The molecule has 1 aromatic heterocycles. The summed E-state index contributed by atoms with van der Waals surface area (Å²) < 4.78 is 12.6. The standard InChI is InChI=1S/C31H42BN3O3.4H2S/c1-18(2)19(3)29(36)35-25-11-9-8-10-21(25)17-26(35)28-33-24-15-12-20-16-22(13-14-23(20)27(24)34-28)32-37-30(4,5)31(6,7)38-32;;;;/h12-16,18-19,21,25-26H,8-11,17H2,1-7H3,(H,33,34);4*1H2/t19-,21-,25-,26-;;;;/m0..../s1. The molecule has 4 atom stereocenters. The van der Waals surface area contributed by atoms with Crippen molar-refractivity contribution >= 4 is 94.3 Å². The summed E-state index contributed by atoms with van der Waals surface area (Å²) >= 11 is 0. The van der Waals surface area contributed by atoms with Gasteiger partial charge in [-0.2, -0.15) is 54.0 Å². The summed E-state index contributed by atoms with van der Waals surface area (Å²) in [5.41, 5.74) is 2.27. The van der Waals surface area contributed by atoms with Gasteiger partial charge in [0.2, 0.25) is 5.91 Å². The average molecular weight is 652 g/mol. The Labute approximate surface area is 279 Å². The highest BCUT2D eigenvalue weighted by atomic mass is 32.1. The molecule has 2 aromatic carbocycles. The Balaban J connectivity index is 0.00000154. The van der Waals surface area contributed by atoms with Gasteiger partial charge in [-0.15, -0.1) is 0 Å². The lowest BCUT2D eigenvalue weighted by Crippen LogP contribution is -2.44. The minimum Gasteiger partial charge on any atom is -0.399 e. The zero-order valence-electron chi connectivity index (χ0n) is 26.0. The van der Waals surface area contributed by atoms with E-state index in [1.807, 2.05) is 0 Å². The van der Waals surface area contributed by atoms with Crippen LogP contribution < -0.4 is 5.46 Å². The molecule has 11 heteroatoms. The van der Waals surface area contributed by atoms with Crippen LogP contribution in [0.2, 0.25) is 0 Å². The Morgan fingerprint density at radius 2 is 1.62 bits per heavy atom. The van der Waals surface area contributed by atoms with Crippen LogP contribution in [-0.2, 0) is 14.1 Å². The Kier molecular flexibility index (Phi) is 12.0. The van der Waals surface area contributed by atoms with Gasteiger partial charge in [-0.1, -0.05) is 57.9 Å². The number of likely N-dealkylation sites (tertiary alicyclic amines) is 1. The van der Waals surface area contributed by atoms with Crippen molar-refractivity contribution < 1.29 is 14.1 Å². The van der Waals surface area contributed by atoms with Crippen LogP contribution in [0.15, 0.2) is 30.3 Å². The van der Waals surface area contributed by atoms with Crippen LogP contribution in [0.4, 0.5) is 0 Å². The van der Waals surface area contributed by atoms with Gasteiger partial charge in [0, 0.05) is 17.3 Å². The molecule has 6 nitrogen and oxygen atoms in total. The molecule has 1 N–H and O–H groups in total. The number of amides is 1. The Morgan fingerprint density at radius 3 is 2.26 bits per heavy atom. The maximum absolute atomic E-state index is 13.8. The normalized spacial score (nSPS) is 24.8. The molecule has 0 radical (unpaired) electrons. The van der Waals surface area contributed by atoms with Crippen molar-refractivity contribution in [2.75, 3.05) is 0 Å². The second kappa shape index (κ2) is 13.6. The van der Waals surface area contributed by atoms with E-state index in [9.17, 15) is 4.79 Å². The van der Waals surface area contributed by atoms with Crippen molar-refractivity contribution in [1.29, 1.82) is 0 Å². The average Bonchev–Trinajstić information content (AvgIpc) is 3.54. The molecule has 1 saturated carbocycles. The summed E-state index contributed by atoms with van der Waals surface area (Å²) in [6, 6.07) is 11.0. The van der Waals surface area contributed by atoms with Crippen LogP contribution in [0.5, 0.6) is 0 Å². The fourth-order valence-electron chi connectivity index (χ4n) is 6.66. The lowest BCUT2D eigenvalue weighted by atomic mass is 9.78. The Hall–Kier alpha value is -0.975. The third-order valence-electron chi connectivity index (χ3n) is 10.1. The molecule has 0 unspecified atom stereocenters. The number of carbonyl (C=O) groups excluding carboxylic acids is 1. The summed E-state index contributed by atoms with van der Waals surface area (Å²) in [6.07, 6.45) is 5.81. The number of benzene rings is 2. The quantitative estimate of drug-likeness (QED) is 0.324. The maximum Gasteiger partial charge on any atom is 0.494 e. The largest absolute Gasteiger partial charge is 0.494 e. The minimum absolute atomic E-state index is 0. The predicted molar refractivity (Wildman–Crippen MR) is 195 cm³/mol. The number of carbonyl (C=O) groups is 1. The van der Waals surface area contributed by atoms with Gasteiger partial charge in [0.05, 0.1) is 28.3 Å². The molecule has 1 amide bonds. The number of fused-ring (bicyclic) bond motifs is 4. The molecule has 42 heavy (non-hydrogen) atoms. The van der Waals surface area contributed by atoms with Crippen molar-refractivity contribution in [3.05, 3.63) is 36.2 Å². The number of nitrogens with zero attached hydrogens (tertiary/aromatic N) is 2. The molecule has 0 spiro atoms. The third kappa shape index (κ3) is 6.25. The van der Waals surface area contributed by atoms with E-state index in [0.717, 1.165) is 45.9 Å². The van der Waals surface area contributed by atoms with E-state index in [0.29, 0.717) is 17.9 Å². The molecule has 3 heterocycles. The fourth-order valence-corrected chi connectivity index (χ4v) is 6.66. The molecule has 0 bridgehead atoms. The molecule has 3 aromatic rings. The molecule has 3 fully saturated rings. The highest BCUT2D eigenvalue weighted by molar-refractivity contribution is 7.59. The van der Waals surface area contributed by atoms with Gasteiger partial charge in [-0.3, -0.25) is 4.79 Å². The van der Waals surface area contributed by atoms with Gasteiger partial charge in [0.15, 0.2) is 0 Å². The van der Waals surface area contributed by atoms with Gasteiger partial charge in [0.1, 0.15) is 5.82 Å². The molecule has 234 valence electrons. The lowest BCUT2D eigenvalue weighted by Gasteiger charge is -2.36. The van der Waals surface area contributed by atoms with Crippen molar-refractivity contribution in [2.45, 2.75) is 104 Å². The molecule has 2 saturated heterocycles. The van der Waals surface area contributed by atoms with Crippen molar-refractivity contribution in [3.8, 4) is 0 Å². The van der Waals surface area contributed by atoms with Gasteiger partial charge in [-0.25, -0.2) is 4.98 Å². The fraction of sp³-hybridized carbons (Fsp3) is 0.613. The summed E-state index contributed by atoms with van der Waals surface area (Å²) in [5, 5.41) is 2.22. The summed E-state index contributed by atoms with van der Waals surface area (Å²) in [6.45, 7) is 14.7. The number of hydrogen-bond donors (Lipinski definition) is 1. The van der Waals surface area contributed by atoms with E-state index in [1.54, 1.807) is 0 Å². The topological polar surface area (TPSA) is 67.5 Å². The first kappa shape index (κ1) is 37.2. The smallest absolute Gasteiger partial charge is 0.399 e. The van der Waals surface area contributed by atoms with Crippen LogP contribution in [0, 0.1) is 17.8 Å². The minimum atomic E-state index is -0.390. The van der Waals surface area contributed by atoms with Gasteiger partial charge in [0.25, 0.3) is 0 Å². The van der Waals surface area contributed by atoms with E-state index < -0.39 is 0 Å². The first-order valence-electron chi connectivity index (χ1n) is 14.6. The number of imidazole rings is 1. The molecule has 3 aliphatic rings. The van der Waals surface area contributed by atoms with Crippen molar-refractivity contribution in [1.82, 2.24) is 14.9 Å². The Bertz CT molecular complexity index is 1380. The van der Waals surface area contributed by atoms with Crippen molar-refractivity contribution in [2.24, 2.45) is 17.8 Å². The number of H-pyrrole nitrogens is 1. The molecule has 2 aliphatic heterocycles. The first-order valence-corrected chi connectivity index (χ1v) is 14.6. The van der Waals surface area contributed by atoms with E-state index in [2.05, 4.69) is 88.7 Å². The predicted octanol–water partition coefficient (Wildman–Crippen LogP) is 6.59. The zero-order valence-corrected chi connectivity index (χ0v) is 30.0. The van der Waals surface area contributed by atoms with Crippen LogP contribution >= 0.6 is 54.0 Å². The molecule has 1 aliphatic carbocycles. The van der Waals surface area contributed by atoms with E-state index >= 15 is 0 Å². The van der Waals surface area contributed by atoms with E-state index in [4.69, 9.17) is 14.3 Å². The maximum atomic E-state index is 13.8. The lowest BCUT2D eigenvalue weighted by molar-refractivity contribution is -0.140. The van der Waals surface area contributed by atoms with Crippen LogP contribution in [0.25, 0.3) is 21.8 Å². The number of nitrogens with one attached hydrogen (secondary N) is 1. The highest BCUT2D eigenvalue weighted by Gasteiger charge is 2.52.